The first kappa shape index (κ1) is 13.0. The van der Waals surface area contributed by atoms with Gasteiger partial charge in [0, 0.05) is 11.4 Å². The van der Waals surface area contributed by atoms with Gasteiger partial charge < -0.3 is 16.8 Å². The fraction of sp³-hybridized carbons (Fsp3) is 0.133. The van der Waals surface area contributed by atoms with Crippen molar-refractivity contribution < 1.29 is 4.79 Å². The second kappa shape index (κ2) is 5.44. The highest BCUT2D eigenvalue weighted by atomic mass is 16.1. The molecule has 0 saturated heterocycles. The predicted molar refractivity (Wildman–Crippen MR) is 77.6 cm³/mol. The molecule has 0 unspecified atom stereocenters. The summed E-state index contributed by atoms with van der Waals surface area (Å²) in [5.41, 5.74) is 13.8. The van der Waals surface area contributed by atoms with Crippen molar-refractivity contribution in [1.29, 1.82) is 0 Å². The molecular weight excluding hydrogens is 238 g/mol. The van der Waals surface area contributed by atoms with E-state index in [0.717, 1.165) is 5.56 Å². The van der Waals surface area contributed by atoms with Crippen molar-refractivity contribution in [2.24, 2.45) is 0 Å². The van der Waals surface area contributed by atoms with Crippen LogP contribution in [0.5, 0.6) is 0 Å². The number of hydrogen-bond donors (Lipinski definition) is 3. The van der Waals surface area contributed by atoms with Crippen LogP contribution in [-0.4, -0.2) is 5.91 Å². The lowest BCUT2D eigenvalue weighted by molar-refractivity contribution is 0.0941. The fourth-order valence-electron chi connectivity index (χ4n) is 1.89. The molecule has 19 heavy (non-hydrogen) atoms. The van der Waals surface area contributed by atoms with Crippen molar-refractivity contribution in [3.8, 4) is 0 Å². The fourth-order valence-corrected chi connectivity index (χ4v) is 1.89. The molecule has 0 aliphatic heterocycles. The first-order chi connectivity index (χ1) is 9.08. The van der Waals surface area contributed by atoms with Crippen molar-refractivity contribution in [1.82, 2.24) is 5.32 Å². The lowest BCUT2D eigenvalue weighted by atomic mass is 10.1. The number of carbonyl (C=O) groups excluding carboxylic acids is 1. The maximum absolute atomic E-state index is 12.1. The average molecular weight is 255 g/mol. The molecule has 4 nitrogen and oxygen atoms in total. The largest absolute Gasteiger partial charge is 0.399 e. The second-order valence-corrected chi connectivity index (χ2v) is 4.45. The summed E-state index contributed by atoms with van der Waals surface area (Å²) in [6, 6.07) is 14.6. The Balaban J connectivity index is 2.13. The minimum absolute atomic E-state index is 0.0781. The molecule has 2 aromatic rings. The van der Waals surface area contributed by atoms with Crippen LogP contribution in [0, 0.1) is 0 Å². The van der Waals surface area contributed by atoms with Gasteiger partial charge in [0.25, 0.3) is 5.91 Å². The van der Waals surface area contributed by atoms with Crippen LogP contribution in [0.3, 0.4) is 0 Å². The zero-order chi connectivity index (χ0) is 13.8. The van der Waals surface area contributed by atoms with Crippen molar-refractivity contribution in [2.75, 3.05) is 11.5 Å². The molecule has 1 amide bonds. The summed E-state index contributed by atoms with van der Waals surface area (Å²) in [4.78, 5) is 12.1. The van der Waals surface area contributed by atoms with E-state index in [1.165, 1.54) is 0 Å². The Labute approximate surface area is 112 Å². The molecule has 1 atom stereocenters. The number of anilines is 2. The molecule has 4 heteroatoms. The summed E-state index contributed by atoms with van der Waals surface area (Å²) < 4.78 is 0. The highest BCUT2D eigenvalue weighted by molar-refractivity contribution is 5.99. The van der Waals surface area contributed by atoms with Gasteiger partial charge in [-0.1, -0.05) is 30.3 Å². The van der Waals surface area contributed by atoms with Crippen LogP contribution >= 0.6 is 0 Å². The van der Waals surface area contributed by atoms with Crippen LogP contribution in [0.4, 0.5) is 11.4 Å². The van der Waals surface area contributed by atoms with E-state index >= 15 is 0 Å². The van der Waals surface area contributed by atoms with Crippen molar-refractivity contribution in [2.45, 2.75) is 13.0 Å². The Kier molecular flexibility index (Phi) is 3.71. The number of nitrogen functional groups attached to an aromatic ring is 2. The van der Waals surface area contributed by atoms with Gasteiger partial charge in [-0.15, -0.1) is 0 Å². The smallest absolute Gasteiger partial charge is 0.253 e. The van der Waals surface area contributed by atoms with Crippen molar-refractivity contribution >= 4 is 17.3 Å². The van der Waals surface area contributed by atoms with Crippen LogP contribution in [0.25, 0.3) is 0 Å². The predicted octanol–water partition coefficient (Wildman–Crippen LogP) is 2.34. The molecule has 2 rings (SSSR count). The summed E-state index contributed by atoms with van der Waals surface area (Å²) in [7, 11) is 0. The maximum atomic E-state index is 12.1. The SMILES string of the molecule is C[C@@H](NC(=O)c1ccc(N)cc1N)c1ccccc1. The molecule has 98 valence electrons. The number of benzene rings is 2. The molecule has 0 saturated carbocycles. The van der Waals surface area contributed by atoms with Gasteiger partial charge in [0.1, 0.15) is 0 Å². The zero-order valence-electron chi connectivity index (χ0n) is 10.8. The molecule has 0 heterocycles. The minimum atomic E-state index is -0.200. The van der Waals surface area contributed by atoms with Gasteiger partial charge in [0.05, 0.1) is 11.6 Å². The van der Waals surface area contributed by atoms with Gasteiger partial charge in [-0.05, 0) is 30.7 Å². The summed E-state index contributed by atoms with van der Waals surface area (Å²) >= 11 is 0. The van der Waals surface area contributed by atoms with E-state index in [-0.39, 0.29) is 11.9 Å². The molecule has 0 aliphatic carbocycles. The Hall–Kier alpha value is -2.49. The van der Waals surface area contributed by atoms with Gasteiger partial charge in [0.2, 0.25) is 0 Å². The monoisotopic (exact) mass is 255 g/mol. The van der Waals surface area contributed by atoms with Gasteiger partial charge in [-0.3, -0.25) is 4.79 Å². The molecule has 0 spiro atoms. The van der Waals surface area contributed by atoms with Crippen molar-refractivity contribution in [3.63, 3.8) is 0 Å². The van der Waals surface area contributed by atoms with Crippen LogP contribution in [0.15, 0.2) is 48.5 Å². The zero-order valence-corrected chi connectivity index (χ0v) is 10.8. The Morgan fingerprint density at radius 1 is 1.11 bits per heavy atom. The maximum Gasteiger partial charge on any atom is 0.253 e. The number of rotatable bonds is 3. The van der Waals surface area contributed by atoms with Crippen LogP contribution < -0.4 is 16.8 Å². The van der Waals surface area contributed by atoms with Gasteiger partial charge in [0.15, 0.2) is 0 Å². The third kappa shape index (κ3) is 3.04. The van der Waals surface area contributed by atoms with Crippen LogP contribution in [-0.2, 0) is 0 Å². The standard InChI is InChI=1S/C15H17N3O/c1-10(11-5-3-2-4-6-11)18-15(19)13-8-7-12(16)9-14(13)17/h2-10H,16-17H2,1H3,(H,18,19)/t10-/m1/s1. The molecular formula is C15H17N3O. The number of carbonyl (C=O) groups is 1. The van der Waals surface area contributed by atoms with E-state index in [4.69, 9.17) is 11.5 Å². The summed E-state index contributed by atoms with van der Waals surface area (Å²) in [5.74, 6) is -0.200. The van der Waals surface area contributed by atoms with Gasteiger partial charge in [-0.25, -0.2) is 0 Å². The second-order valence-electron chi connectivity index (χ2n) is 4.45. The Bertz CT molecular complexity index is 581. The third-order valence-corrected chi connectivity index (χ3v) is 2.97. The summed E-state index contributed by atoms with van der Waals surface area (Å²) in [5, 5.41) is 2.91. The van der Waals surface area contributed by atoms with Crippen LogP contribution in [0.1, 0.15) is 28.9 Å². The highest BCUT2D eigenvalue weighted by Crippen LogP contribution is 2.17. The van der Waals surface area contributed by atoms with Gasteiger partial charge in [-0.2, -0.15) is 0 Å². The lowest BCUT2D eigenvalue weighted by Crippen LogP contribution is -2.27. The van der Waals surface area contributed by atoms with Crippen LogP contribution in [0.2, 0.25) is 0 Å². The Morgan fingerprint density at radius 2 is 1.79 bits per heavy atom. The minimum Gasteiger partial charge on any atom is -0.399 e. The molecule has 2 aromatic carbocycles. The third-order valence-electron chi connectivity index (χ3n) is 2.97. The van der Waals surface area contributed by atoms with E-state index in [2.05, 4.69) is 5.32 Å². The molecule has 0 radical (unpaired) electrons. The molecule has 0 aliphatic rings. The Morgan fingerprint density at radius 3 is 2.42 bits per heavy atom. The quantitative estimate of drug-likeness (QED) is 0.736. The number of amides is 1. The van der Waals surface area contributed by atoms with E-state index in [0.29, 0.717) is 16.9 Å². The number of nitrogens with two attached hydrogens (primary N) is 2. The first-order valence-electron chi connectivity index (χ1n) is 6.08. The topological polar surface area (TPSA) is 81.1 Å². The summed E-state index contributed by atoms with van der Waals surface area (Å²) in [6.07, 6.45) is 0. The van der Waals surface area contributed by atoms with E-state index in [9.17, 15) is 4.79 Å². The lowest BCUT2D eigenvalue weighted by Gasteiger charge is -2.15. The normalized spacial score (nSPS) is 11.8. The number of hydrogen-bond acceptors (Lipinski definition) is 3. The molecule has 5 N–H and O–H groups in total. The molecule has 0 fully saturated rings. The van der Waals surface area contributed by atoms with Gasteiger partial charge >= 0.3 is 0 Å². The van der Waals surface area contributed by atoms with E-state index in [1.54, 1.807) is 18.2 Å². The van der Waals surface area contributed by atoms with Crippen molar-refractivity contribution in [3.05, 3.63) is 59.7 Å². The van der Waals surface area contributed by atoms with E-state index in [1.807, 2.05) is 37.3 Å². The molecule has 0 bridgehead atoms. The number of nitrogens with one attached hydrogen (secondary N) is 1. The van der Waals surface area contributed by atoms with E-state index < -0.39 is 0 Å². The summed E-state index contributed by atoms with van der Waals surface area (Å²) in [6.45, 7) is 1.93. The average Bonchev–Trinajstić information content (AvgIpc) is 2.39. The first-order valence-corrected chi connectivity index (χ1v) is 6.08. The highest BCUT2D eigenvalue weighted by Gasteiger charge is 2.13. The molecule has 0 aromatic heterocycles.